The lowest BCUT2D eigenvalue weighted by Gasteiger charge is -2.39. The summed E-state index contributed by atoms with van der Waals surface area (Å²) in [7, 11) is 0. The Kier molecular flexibility index (Phi) is 5.09. The van der Waals surface area contributed by atoms with Crippen molar-refractivity contribution in [2.75, 3.05) is 13.1 Å². The van der Waals surface area contributed by atoms with Crippen molar-refractivity contribution in [2.45, 2.75) is 79.3 Å². The highest BCUT2D eigenvalue weighted by molar-refractivity contribution is 5.51. The average molecular weight is 320 g/mol. The van der Waals surface area contributed by atoms with Crippen LogP contribution in [0.1, 0.15) is 67.2 Å². The summed E-state index contributed by atoms with van der Waals surface area (Å²) in [6, 6.07) is 1.54. The molecule has 4 atom stereocenters. The lowest BCUT2D eigenvalue weighted by Crippen LogP contribution is -2.46. The minimum absolute atomic E-state index is 0.768. The van der Waals surface area contributed by atoms with Crippen molar-refractivity contribution >= 4 is 6.34 Å². The lowest BCUT2D eigenvalue weighted by atomic mass is 9.73. The minimum atomic E-state index is 0.768. The molecule has 132 valence electrons. The van der Waals surface area contributed by atoms with Crippen molar-refractivity contribution in [1.82, 2.24) is 4.90 Å². The third-order valence-corrected chi connectivity index (χ3v) is 7.11. The fourth-order valence-corrected chi connectivity index (χ4v) is 6.71. The van der Waals surface area contributed by atoms with Gasteiger partial charge in [0.15, 0.2) is 0 Å². The monoisotopic (exact) mass is 319 g/mol. The predicted octanol–water partition coefficient (Wildman–Crippen LogP) is 4.48. The molecule has 3 aliphatic rings. The van der Waals surface area contributed by atoms with E-state index in [-0.39, 0.29) is 0 Å². The van der Waals surface area contributed by atoms with Gasteiger partial charge in [-0.2, -0.15) is 0 Å². The summed E-state index contributed by atoms with van der Waals surface area (Å²) >= 11 is 0. The van der Waals surface area contributed by atoms with Crippen molar-refractivity contribution in [1.29, 1.82) is 0 Å². The number of rotatable bonds is 2. The van der Waals surface area contributed by atoms with Gasteiger partial charge < -0.3 is 0 Å². The van der Waals surface area contributed by atoms with E-state index in [1.54, 1.807) is 0 Å². The quantitative estimate of drug-likeness (QED) is 0.680. The van der Waals surface area contributed by atoms with Gasteiger partial charge in [0.05, 0.1) is 0 Å². The first kappa shape index (κ1) is 17.3. The van der Waals surface area contributed by atoms with Gasteiger partial charge in [0.1, 0.15) is 25.2 Å². The third kappa shape index (κ3) is 3.46. The van der Waals surface area contributed by atoms with Gasteiger partial charge in [-0.1, -0.05) is 41.5 Å². The lowest BCUT2D eigenvalue weighted by molar-refractivity contribution is -0.573. The van der Waals surface area contributed by atoms with Crippen LogP contribution in [0.3, 0.4) is 0 Å². The SMILES string of the molecule is CC1C[C@H](C)CC(C)[C@@H]1N1C=[N+]([C@H]2C(C)C[C@@H](C)CC2C)CC1. The second kappa shape index (κ2) is 6.76. The second-order valence-corrected chi connectivity index (χ2v) is 9.63. The molecule has 2 nitrogen and oxygen atoms in total. The molecular formula is C21H39N2+. The Labute approximate surface area is 144 Å². The van der Waals surface area contributed by atoms with Gasteiger partial charge in [0.2, 0.25) is 6.34 Å². The van der Waals surface area contributed by atoms with Gasteiger partial charge in [0.25, 0.3) is 0 Å². The van der Waals surface area contributed by atoms with E-state index < -0.39 is 0 Å². The smallest absolute Gasteiger partial charge is 0.234 e. The standard InChI is InChI=1S/C21H39N2/c1-14-9-16(3)20(17(4)10-14)22-7-8-23(13-22)21-18(5)11-15(2)12-19(21)6/h13-21H,7-12H2,1-6H3/q+1/t14-,15-,16?,17?,18?,19?,20+,21+. The molecule has 2 heteroatoms. The molecule has 2 fully saturated rings. The van der Waals surface area contributed by atoms with Crippen molar-refractivity contribution < 1.29 is 4.58 Å². The number of hydrogen-bond donors (Lipinski definition) is 0. The van der Waals surface area contributed by atoms with Crippen LogP contribution in [0.2, 0.25) is 0 Å². The number of hydrogen-bond acceptors (Lipinski definition) is 1. The largest absolute Gasteiger partial charge is 0.261 e. The van der Waals surface area contributed by atoms with E-state index in [1.807, 2.05) is 0 Å². The van der Waals surface area contributed by atoms with Crippen LogP contribution >= 0.6 is 0 Å². The first-order valence-electron chi connectivity index (χ1n) is 10.2. The summed E-state index contributed by atoms with van der Waals surface area (Å²) < 4.78 is 2.72. The highest BCUT2D eigenvalue weighted by Gasteiger charge is 2.43. The molecule has 0 saturated heterocycles. The van der Waals surface area contributed by atoms with E-state index in [2.05, 4.69) is 57.4 Å². The van der Waals surface area contributed by atoms with Crippen LogP contribution in [0.4, 0.5) is 0 Å². The van der Waals surface area contributed by atoms with Crippen LogP contribution in [-0.4, -0.2) is 41.0 Å². The van der Waals surface area contributed by atoms with Crippen LogP contribution in [0.5, 0.6) is 0 Å². The molecule has 0 aromatic heterocycles. The summed E-state index contributed by atoms with van der Waals surface area (Å²) in [6.45, 7) is 17.3. The summed E-state index contributed by atoms with van der Waals surface area (Å²) in [5.41, 5.74) is 0. The zero-order chi connectivity index (χ0) is 16.7. The molecule has 4 unspecified atom stereocenters. The molecular weight excluding hydrogens is 280 g/mol. The molecule has 2 aliphatic carbocycles. The molecule has 2 saturated carbocycles. The van der Waals surface area contributed by atoms with E-state index in [4.69, 9.17) is 0 Å². The molecule has 23 heavy (non-hydrogen) atoms. The topological polar surface area (TPSA) is 6.25 Å². The maximum Gasteiger partial charge on any atom is 0.234 e. The van der Waals surface area contributed by atoms with Gasteiger partial charge in [-0.3, -0.25) is 9.48 Å². The highest BCUT2D eigenvalue weighted by Crippen LogP contribution is 2.38. The Hall–Kier alpha value is -0.530. The molecule has 0 spiro atoms. The van der Waals surface area contributed by atoms with Crippen LogP contribution < -0.4 is 0 Å². The van der Waals surface area contributed by atoms with Crippen molar-refractivity contribution in [3.63, 3.8) is 0 Å². The maximum atomic E-state index is 2.72. The van der Waals surface area contributed by atoms with Crippen LogP contribution in [0.25, 0.3) is 0 Å². The van der Waals surface area contributed by atoms with Gasteiger partial charge in [-0.05, 0) is 61.2 Å². The minimum Gasteiger partial charge on any atom is -0.261 e. The van der Waals surface area contributed by atoms with Gasteiger partial charge >= 0.3 is 0 Å². The Bertz CT molecular complexity index is 419. The first-order valence-corrected chi connectivity index (χ1v) is 10.2. The molecule has 0 N–H and O–H groups in total. The Morgan fingerprint density at radius 2 is 1.22 bits per heavy atom. The zero-order valence-electron chi connectivity index (χ0n) is 16.3. The van der Waals surface area contributed by atoms with E-state index in [0.29, 0.717) is 0 Å². The molecule has 1 aliphatic heterocycles. The van der Waals surface area contributed by atoms with E-state index in [0.717, 1.165) is 47.6 Å². The highest BCUT2D eigenvalue weighted by atomic mass is 15.3. The molecule has 0 aromatic rings. The van der Waals surface area contributed by atoms with Crippen LogP contribution in [0.15, 0.2) is 0 Å². The van der Waals surface area contributed by atoms with Crippen LogP contribution in [-0.2, 0) is 0 Å². The molecule has 0 aromatic carbocycles. The first-order chi connectivity index (χ1) is 10.9. The molecule has 0 bridgehead atoms. The van der Waals surface area contributed by atoms with Crippen LogP contribution in [0, 0.1) is 35.5 Å². The summed E-state index contributed by atoms with van der Waals surface area (Å²) in [5.74, 6) is 5.18. The van der Waals surface area contributed by atoms with E-state index >= 15 is 0 Å². The van der Waals surface area contributed by atoms with Crippen molar-refractivity contribution in [3.8, 4) is 0 Å². The van der Waals surface area contributed by atoms with Gasteiger partial charge in [-0.15, -0.1) is 0 Å². The molecule has 1 heterocycles. The van der Waals surface area contributed by atoms with E-state index in [1.165, 1.54) is 38.8 Å². The zero-order valence-corrected chi connectivity index (χ0v) is 16.3. The summed E-state index contributed by atoms with van der Waals surface area (Å²) in [6.07, 6.45) is 8.18. The Balaban J connectivity index is 1.73. The normalized spacial score (nSPS) is 48.4. The molecule has 0 amide bonds. The Morgan fingerprint density at radius 3 is 1.74 bits per heavy atom. The van der Waals surface area contributed by atoms with Gasteiger partial charge in [-0.25, -0.2) is 0 Å². The number of nitrogens with zero attached hydrogens (tertiary/aromatic N) is 2. The third-order valence-electron chi connectivity index (χ3n) is 7.11. The molecule has 0 radical (unpaired) electrons. The van der Waals surface area contributed by atoms with Gasteiger partial charge in [0, 0.05) is 0 Å². The predicted molar refractivity (Wildman–Crippen MR) is 98.9 cm³/mol. The van der Waals surface area contributed by atoms with Crippen molar-refractivity contribution in [2.24, 2.45) is 35.5 Å². The second-order valence-electron chi connectivity index (χ2n) is 9.63. The molecule has 3 rings (SSSR count). The maximum absolute atomic E-state index is 2.72. The van der Waals surface area contributed by atoms with E-state index in [9.17, 15) is 0 Å². The fourth-order valence-electron chi connectivity index (χ4n) is 6.71. The Morgan fingerprint density at radius 1 is 0.739 bits per heavy atom. The summed E-state index contributed by atoms with van der Waals surface area (Å²) in [4.78, 5) is 2.72. The average Bonchev–Trinajstić information content (AvgIpc) is 2.85. The van der Waals surface area contributed by atoms with Crippen molar-refractivity contribution in [3.05, 3.63) is 0 Å². The fraction of sp³-hybridized carbons (Fsp3) is 0.952. The summed E-state index contributed by atoms with van der Waals surface area (Å²) in [5, 5.41) is 0.